The van der Waals surface area contributed by atoms with Crippen molar-refractivity contribution < 1.29 is 0 Å². The van der Waals surface area contributed by atoms with E-state index in [2.05, 4.69) is 96.9 Å². The van der Waals surface area contributed by atoms with Crippen LogP contribution in [0.4, 0.5) is 0 Å². The molecular weight excluding hydrogens is 406 g/mol. The minimum Gasteiger partial charge on any atom is -0.302 e. The maximum atomic E-state index is 2.45. The summed E-state index contributed by atoms with van der Waals surface area (Å²) in [5.41, 5.74) is 8.54. The lowest BCUT2D eigenvalue weighted by Gasteiger charge is -2.17. The number of benzene rings is 3. The van der Waals surface area contributed by atoms with Crippen LogP contribution in [0.15, 0.2) is 84.9 Å². The van der Waals surface area contributed by atoms with Crippen molar-refractivity contribution in [2.24, 2.45) is 0 Å². The van der Waals surface area contributed by atoms with Crippen LogP contribution in [0.3, 0.4) is 0 Å². The third-order valence-electron chi connectivity index (χ3n) is 5.43. The molecule has 0 heterocycles. The molecule has 28 heavy (non-hydrogen) atoms. The van der Waals surface area contributed by atoms with Gasteiger partial charge in [0.15, 0.2) is 0 Å². The molecular formula is C26H28BrN. The fraction of sp³-hybridized carbons (Fsp3) is 0.231. The number of halogens is 1. The average Bonchev–Trinajstić information content (AvgIpc) is 2.86. The number of rotatable bonds is 5. The molecule has 1 aliphatic rings. The molecule has 0 bridgehead atoms. The highest BCUT2D eigenvalue weighted by molar-refractivity contribution is 8.93. The summed E-state index contributed by atoms with van der Waals surface area (Å²) in [5.74, 6) is 0. The van der Waals surface area contributed by atoms with Gasteiger partial charge in [0, 0.05) is 13.1 Å². The number of nitrogens with zero attached hydrogens (tertiary/aromatic N) is 1. The van der Waals surface area contributed by atoms with Crippen molar-refractivity contribution in [2.75, 3.05) is 13.6 Å². The van der Waals surface area contributed by atoms with Gasteiger partial charge in [0.1, 0.15) is 0 Å². The van der Waals surface area contributed by atoms with Gasteiger partial charge in [-0.1, -0.05) is 84.9 Å². The molecule has 144 valence electrons. The van der Waals surface area contributed by atoms with E-state index in [4.69, 9.17) is 0 Å². The second-order valence-corrected chi connectivity index (χ2v) is 7.44. The van der Waals surface area contributed by atoms with Crippen LogP contribution in [0.1, 0.15) is 34.2 Å². The second-order valence-electron chi connectivity index (χ2n) is 7.44. The van der Waals surface area contributed by atoms with Crippen LogP contribution in [-0.2, 0) is 19.4 Å². The second kappa shape index (κ2) is 9.86. The van der Waals surface area contributed by atoms with Gasteiger partial charge in [0.25, 0.3) is 0 Å². The molecule has 0 amide bonds. The molecule has 0 atom stereocenters. The van der Waals surface area contributed by atoms with Gasteiger partial charge in [-0.2, -0.15) is 0 Å². The van der Waals surface area contributed by atoms with Crippen molar-refractivity contribution in [2.45, 2.75) is 25.8 Å². The van der Waals surface area contributed by atoms with Crippen molar-refractivity contribution >= 4 is 22.6 Å². The minimum absolute atomic E-state index is 0. The van der Waals surface area contributed by atoms with Crippen LogP contribution >= 0.6 is 17.0 Å². The summed E-state index contributed by atoms with van der Waals surface area (Å²) in [6.45, 7) is 2.06. The molecule has 0 fully saturated rings. The molecule has 0 radical (unpaired) electrons. The maximum Gasteiger partial charge on any atom is 0.0230 e. The van der Waals surface area contributed by atoms with E-state index in [1.165, 1.54) is 33.4 Å². The van der Waals surface area contributed by atoms with Gasteiger partial charge in [-0.3, -0.25) is 0 Å². The third-order valence-corrected chi connectivity index (χ3v) is 5.43. The number of fused-ring (bicyclic) bond motifs is 2. The Morgan fingerprint density at radius 2 is 1.29 bits per heavy atom. The zero-order chi connectivity index (χ0) is 18.5. The summed E-state index contributed by atoms with van der Waals surface area (Å²) in [7, 11) is 2.21. The predicted molar refractivity (Wildman–Crippen MR) is 125 cm³/mol. The molecule has 0 saturated carbocycles. The Morgan fingerprint density at radius 1 is 0.750 bits per heavy atom. The topological polar surface area (TPSA) is 3.24 Å². The lowest BCUT2D eigenvalue weighted by molar-refractivity contribution is 0.334. The van der Waals surface area contributed by atoms with Gasteiger partial charge >= 0.3 is 0 Å². The van der Waals surface area contributed by atoms with Crippen LogP contribution in [0.25, 0.3) is 5.57 Å². The Bertz CT molecular complexity index is 880. The summed E-state index contributed by atoms with van der Waals surface area (Å²) in [4.78, 5) is 2.40. The monoisotopic (exact) mass is 433 g/mol. The zero-order valence-corrected chi connectivity index (χ0v) is 18.2. The molecule has 3 aromatic rings. The summed E-state index contributed by atoms with van der Waals surface area (Å²) < 4.78 is 0. The SMILES string of the molecule is Br.CN(CCC=C1c2ccccc2CCc2ccccc21)Cc1ccccc1. The average molecular weight is 434 g/mol. The normalized spacial score (nSPS) is 12.6. The Labute approximate surface area is 179 Å². The summed E-state index contributed by atoms with van der Waals surface area (Å²) in [5, 5.41) is 0. The molecule has 1 nitrogen and oxygen atoms in total. The Hall–Kier alpha value is -2.16. The van der Waals surface area contributed by atoms with Crippen molar-refractivity contribution in [1.29, 1.82) is 0 Å². The molecule has 0 aliphatic heterocycles. The van der Waals surface area contributed by atoms with Crippen LogP contribution in [0.2, 0.25) is 0 Å². The van der Waals surface area contributed by atoms with Crippen molar-refractivity contribution in [3.8, 4) is 0 Å². The van der Waals surface area contributed by atoms with Gasteiger partial charge in [0.2, 0.25) is 0 Å². The van der Waals surface area contributed by atoms with Crippen LogP contribution in [0, 0.1) is 0 Å². The Balaban J connectivity index is 0.00000225. The van der Waals surface area contributed by atoms with E-state index in [1.807, 2.05) is 0 Å². The van der Waals surface area contributed by atoms with Gasteiger partial charge in [0.05, 0.1) is 0 Å². The quantitative estimate of drug-likeness (QED) is 0.455. The van der Waals surface area contributed by atoms with E-state index in [1.54, 1.807) is 0 Å². The fourth-order valence-electron chi connectivity index (χ4n) is 4.04. The number of aryl methyl sites for hydroxylation is 2. The Morgan fingerprint density at radius 3 is 1.89 bits per heavy atom. The first-order chi connectivity index (χ1) is 13.3. The van der Waals surface area contributed by atoms with E-state index in [-0.39, 0.29) is 17.0 Å². The largest absolute Gasteiger partial charge is 0.302 e. The first-order valence-corrected chi connectivity index (χ1v) is 9.90. The third kappa shape index (κ3) is 4.81. The highest BCUT2D eigenvalue weighted by Gasteiger charge is 2.17. The predicted octanol–water partition coefficient (Wildman–Crippen LogP) is 6.32. The van der Waals surface area contributed by atoms with E-state index in [0.717, 1.165) is 32.4 Å². The molecule has 1 aliphatic carbocycles. The molecule has 0 spiro atoms. The fourth-order valence-corrected chi connectivity index (χ4v) is 4.04. The zero-order valence-electron chi connectivity index (χ0n) is 16.5. The minimum atomic E-state index is 0. The lowest BCUT2D eigenvalue weighted by atomic mass is 9.93. The van der Waals surface area contributed by atoms with Gasteiger partial charge in [-0.05, 0) is 59.7 Å². The van der Waals surface area contributed by atoms with Crippen molar-refractivity contribution in [1.82, 2.24) is 4.90 Å². The van der Waals surface area contributed by atoms with E-state index in [9.17, 15) is 0 Å². The molecule has 0 saturated heterocycles. The van der Waals surface area contributed by atoms with Crippen molar-refractivity contribution in [3.63, 3.8) is 0 Å². The summed E-state index contributed by atoms with van der Waals surface area (Å²) >= 11 is 0. The lowest BCUT2D eigenvalue weighted by Crippen LogP contribution is -2.18. The number of hydrogen-bond acceptors (Lipinski definition) is 1. The first-order valence-electron chi connectivity index (χ1n) is 9.90. The smallest absolute Gasteiger partial charge is 0.0230 e. The van der Waals surface area contributed by atoms with E-state index >= 15 is 0 Å². The molecule has 0 aromatic heterocycles. The van der Waals surface area contributed by atoms with Crippen molar-refractivity contribution in [3.05, 3.63) is 113 Å². The standard InChI is InChI=1S/C26H27N.BrH/c1-27(20-21-10-3-2-4-11-21)19-9-16-26-24-14-7-5-12-22(24)17-18-23-13-6-8-15-25(23)26;/h2-8,10-16H,9,17-20H2,1H3;1H. The highest BCUT2D eigenvalue weighted by Crippen LogP contribution is 2.33. The Kier molecular flexibility index (Phi) is 7.24. The molecule has 0 N–H and O–H groups in total. The van der Waals surface area contributed by atoms with Gasteiger partial charge in [-0.25, -0.2) is 0 Å². The summed E-state index contributed by atoms with van der Waals surface area (Å²) in [6.07, 6.45) is 5.75. The first kappa shape index (κ1) is 20.6. The highest BCUT2D eigenvalue weighted by atomic mass is 79.9. The van der Waals surface area contributed by atoms with Gasteiger partial charge < -0.3 is 4.90 Å². The molecule has 4 rings (SSSR count). The van der Waals surface area contributed by atoms with E-state index < -0.39 is 0 Å². The maximum absolute atomic E-state index is 2.45. The van der Waals surface area contributed by atoms with Crippen LogP contribution < -0.4 is 0 Å². The van der Waals surface area contributed by atoms with E-state index in [0.29, 0.717) is 0 Å². The molecule has 0 unspecified atom stereocenters. The molecule has 2 heteroatoms. The molecule has 3 aromatic carbocycles. The van der Waals surface area contributed by atoms with Crippen LogP contribution in [0.5, 0.6) is 0 Å². The number of hydrogen-bond donors (Lipinski definition) is 0. The summed E-state index contributed by atoms with van der Waals surface area (Å²) in [6, 6.07) is 28.5. The van der Waals surface area contributed by atoms with Crippen LogP contribution in [-0.4, -0.2) is 18.5 Å². The van der Waals surface area contributed by atoms with Gasteiger partial charge in [-0.15, -0.1) is 17.0 Å².